The van der Waals surface area contributed by atoms with Crippen LogP contribution >= 0.6 is 0 Å². The molecule has 2 heterocycles. The van der Waals surface area contributed by atoms with Gasteiger partial charge in [-0.15, -0.1) is 10.2 Å². The number of likely N-dealkylation sites (tertiary alicyclic amines) is 1. The molecule has 1 amide bonds. The molecule has 0 spiro atoms. The first kappa shape index (κ1) is 16.5. The first-order chi connectivity index (χ1) is 11.7. The van der Waals surface area contributed by atoms with Crippen LogP contribution in [0.2, 0.25) is 0 Å². The number of amides is 1. The van der Waals surface area contributed by atoms with E-state index in [0.29, 0.717) is 17.2 Å². The Bertz CT molecular complexity index is 698. The summed E-state index contributed by atoms with van der Waals surface area (Å²) in [4.78, 5) is 14.8. The van der Waals surface area contributed by atoms with E-state index in [1.165, 1.54) is 0 Å². The van der Waals surface area contributed by atoms with Crippen molar-refractivity contribution in [2.75, 3.05) is 20.2 Å². The topological polar surface area (TPSA) is 60.2 Å². The number of nitrogens with zero attached hydrogens (tertiary/aromatic N) is 4. The normalized spacial score (nSPS) is 17.8. The molecule has 6 heteroatoms. The molecule has 1 aromatic carbocycles. The maximum absolute atomic E-state index is 12.9. The van der Waals surface area contributed by atoms with Crippen LogP contribution in [0.1, 0.15) is 35.9 Å². The molecule has 1 atom stereocenters. The van der Waals surface area contributed by atoms with Gasteiger partial charge in [0.05, 0.1) is 12.7 Å². The molecule has 1 unspecified atom stereocenters. The Morgan fingerprint density at radius 2 is 2.21 bits per heavy atom. The summed E-state index contributed by atoms with van der Waals surface area (Å²) >= 11 is 0. The largest absolute Gasteiger partial charge is 0.496 e. The van der Waals surface area contributed by atoms with Crippen LogP contribution in [-0.4, -0.2) is 45.8 Å². The SMILES string of the molecule is CCn1cnnc1CC1CCCN(C(=O)c2ccccc2OC)C1. The van der Waals surface area contributed by atoms with E-state index in [1.807, 2.05) is 29.2 Å². The third kappa shape index (κ3) is 3.42. The first-order valence-corrected chi connectivity index (χ1v) is 8.52. The monoisotopic (exact) mass is 328 g/mol. The molecule has 0 saturated carbocycles. The molecule has 1 aliphatic rings. The molecule has 128 valence electrons. The van der Waals surface area contributed by atoms with Crippen molar-refractivity contribution in [2.45, 2.75) is 32.7 Å². The molecule has 3 rings (SSSR count). The summed E-state index contributed by atoms with van der Waals surface area (Å²) in [6.07, 6.45) is 4.78. The smallest absolute Gasteiger partial charge is 0.257 e. The maximum Gasteiger partial charge on any atom is 0.257 e. The molecule has 1 saturated heterocycles. The van der Waals surface area contributed by atoms with Gasteiger partial charge < -0.3 is 14.2 Å². The maximum atomic E-state index is 12.9. The second kappa shape index (κ2) is 7.47. The zero-order valence-corrected chi connectivity index (χ0v) is 14.3. The van der Waals surface area contributed by atoms with E-state index in [9.17, 15) is 4.79 Å². The predicted octanol–water partition coefficient (Wildman–Crippen LogP) is 2.40. The fourth-order valence-corrected chi connectivity index (χ4v) is 3.37. The number of carbonyl (C=O) groups excluding carboxylic acids is 1. The van der Waals surface area contributed by atoms with Crippen LogP contribution < -0.4 is 4.74 Å². The van der Waals surface area contributed by atoms with Gasteiger partial charge in [0.2, 0.25) is 0 Å². The minimum absolute atomic E-state index is 0.0501. The number of hydrogen-bond acceptors (Lipinski definition) is 4. The summed E-state index contributed by atoms with van der Waals surface area (Å²) in [5.41, 5.74) is 0.636. The number of ether oxygens (including phenoxy) is 1. The second-order valence-corrected chi connectivity index (χ2v) is 6.20. The lowest BCUT2D eigenvalue weighted by Gasteiger charge is -2.33. The second-order valence-electron chi connectivity index (χ2n) is 6.20. The van der Waals surface area contributed by atoms with Crippen molar-refractivity contribution in [2.24, 2.45) is 5.92 Å². The van der Waals surface area contributed by atoms with Crippen molar-refractivity contribution in [3.05, 3.63) is 42.0 Å². The van der Waals surface area contributed by atoms with Gasteiger partial charge in [-0.2, -0.15) is 0 Å². The number of methoxy groups -OCH3 is 1. The van der Waals surface area contributed by atoms with Gasteiger partial charge in [-0.25, -0.2) is 0 Å². The van der Waals surface area contributed by atoms with Crippen molar-refractivity contribution in [3.63, 3.8) is 0 Å². The molecule has 0 N–H and O–H groups in total. The zero-order valence-electron chi connectivity index (χ0n) is 14.3. The fraction of sp³-hybridized carbons (Fsp3) is 0.500. The Labute approximate surface area is 142 Å². The molecule has 1 aliphatic heterocycles. The highest BCUT2D eigenvalue weighted by Crippen LogP contribution is 2.25. The number of hydrogen-bond donors (Lipinski definition) is 0. The molecule has 2 aromatic rings. The van der Waals surface area contributed by atoms with Gasteiger partial charge in [0.1, 0.15) is 17.9 Å². The van der Waals surface area contributed by atoms with Crippen LogP contribution in [0.5, 0.6) is 5.75 Å². The Morgan fingerprint density at radius 3 is 3.00 bits per heavy atom. The molecule has 0 bridgehead atoms. The minimum atomic E-state index is 0.0501. The number of benzene rings is 1. The van der Waals surface area contributed by atoms with Crippen LogP contribution in [-0.2, 0) is 13.0 Å². The summed E-state index contributed by atoms with van der Waals surface area (Å²) in [6.45, 7) is 4.52. The van der Waals surface area contributed by atoms with Gasteiger partial charge in [0.25, 0.3) is 5.91 Å². The highest BCUT2D eigenvalue weighted by atomic mass is 16.5. The molecule has 0 radical (unpaired) electrons. The first-order valence-electron chi connectivity index (χ1n) is 8.52. The highest BCUT2D eigenvalue weighted by molar-refractivity contribution is 5.97. The van der Waals surface area contributed by atoms with Crippen LogP contribution in [0.25, 0.3) is 0 Å². The van der Waals surface area contributed by atoms with Crippen molar-refractivity contribution in [1.82, 2.24) is 19.7 Å². The summed E-state index contributed by atoms with van der Waals surface area (Å²) in [5.74, 6) is 2.12. The van der Waals surface area contributed by atoms with E-state index >= 15 is 0 Å². The van der Waals surface area contributed by atoms with E-state index in [0.717, 1.165) is 44.7 Å². The number of aryl methyl sites for hydroxylation is 1. The Morgan fingerprint density at radius 1 is 1.38 bits per heavy atom. The van der Waals surface area contributed by atoms with Crippen molar-refractivity contribution >= 4 is 5.91 Å². The Kier molecular flexibility index (Phi) is 5.13. The summed E-state index contributed by atoms with van der Waals surface area (Å²) in [5, 5.41) is 8.22. The number of aromatic nitrogens is 3. The van der Waals surface area contributed by atoms with Crippen molar-refractivity contribution in [1.29, 1.82) is 0 Å². The van der Waals surface area contributed by atoms with Crippen LogP contribution in [0.3, 0.4) is 0 Å². The predicted molar refractivity (Wildman–Crippen MR) is 91.0 cm³/mol. The molecule has 1 aromatic heterocycles. The van der Waals surface area contributed by atoms with E-state index in [-0.39, 0.29) is 5.91 Å². The van der Waals surface area contributed by atoms with Gasteiger partial charge in [-0.05, 0) is 37.8 Å². The lowest BCUT2D eigenvalue weighted by atomic mass is 9.94. The number of para-hydroxylation sites is 1. The van der Waals surface area contributed by atoms with Gasteiger partial charge in [0.15, 0.2) is 0 Å². The zero-order chi connectivity index (χ0) is 16.9. The lowest BCUT2D eigenvalue weighted by Crippen LogP contribution is -2.40. The molecular formula is C18H24N4O2. The molecule has 1 fully saturated rings. The fourth-order valence-electron chi connectivity index (χ4n) is 3.37. The van der Waals surface area contributed by atoms with Crippen molar-refractivity contribution in [3.8, 4) is 5.75 Å². The minimum Gasteiger partial charge on any atom is -0.496 e. The highest BCUT2D eigenvalue weighted by Gasteiger charge is 2.27. The number of rotatable bonds is 5. The average Bonchev–Trinajstić information content (AvgIpc) is 3.08. The van der Waals surface area contributed by atoms with Crippen LogP contribution in [0, 0.1) is 5.92 Å². The average molecular weight is 328 g/mol. The Balaban J connectivity index is 1.70. The van der Waals surface area contributed by atoms with Crippen LogP contribution in [0.15, 0.2) is 30.6 Å². The summed E-state index contributed by atoms with van der Waals surface area (Å²) < 4.78 is 7.40. The van der Waals surface area contributed by atoms with Crippen LogP contribution in [0.4, 0.5) is 0 Å². The van der Waals surface area contributed by atoms with Crippen molar-refractivity contribution < 1.29 is 9.53 Å². The third-order valence-electron chi connectivity index (χ3n) is 4.65. The van der Waals surface area contributed by atoms with Gasteiger partial charge in [-0.1, -0.05) is 12.1 Å². The molecule has 6 nitrogen and oxygen atoms in total. The number of piperidine rings is 1. The lowest BCUT2D eigenvalue weighted by molar-refractivity contribution is 0.0668. The standard InChI is InChI=1S/C18H24N4O2/c1-3-21-13-19-20-17(21)11-14-7-6-10-22(12-14)18(23)15-8-4-5-9-16(15)24-2/h4-5,8-9,13-14H,3,6-7,10-12H2,1-2H3. The molecule has 24 heavy (non-hydrogen) atoms. The third-order valence-corrected chi connectivity index (χ3v) is 4.65. The van der Waals surface area contributed by atoms with E-state index in [4.69, 9.17) is 4.74 Å². The Hall–Kier alpha value is -2.37. The quantitative estimate of drug-likeness (QED) is 0.845. The van der Waals surface area contributed by atoms with E-state index in [2.05, 4.69) is 21.7 Å². The van der Waals surface area contributed by atoms with E-state index in [1.54, 1.807) is 13.4 Å². The van der Waals surface area contributed by atoms with Gasteiger partial charge >= 0.3 is 0 Å². The van der Waals surface area contributed by atoms with Gasteiger partial charge in [-0.3, -0.25) is 4.79 Å². The molecular weight excluding hydrogens is 304 g/mol. The summed E-state index contributed by atoms with van der Waals surface area (Å²) in [6, 6.07) is 7.42. The van der Waals surface area contributed by atoms with Gasteiger partial charge in [0, 0.05) is 26.1 Å². The number of carbonyl (C=O) groups is 1. The van der Waals surface area contributed by atoms with E-state index < -0.39 is 0 Å². The molecule has 0 aliphatic carbocycles. The summed E-state index contributed by atoms with van der Waals surface area (Å²) in [7, 11) is 1.60.